The minimum absolute atomic E-state index is 0.0140. The summed E-state index contributed by atoms with van der Waals surface area (Å²) in [6.07, 6.45) is 0. The van der Waals surface area contributed by atoms with Crippen LogP contribution in [0.4, 0.5) is 0 Å². The summed E-state index contributed by atoms with van der Waals surface area (Å²) >= 11 is 0. The van der Waals surface area contributed by atoms with Gasteiger partial charge in [0.15, 0.2) is 0 Å². The van der Waals surface area contributed by atoms with Gasteiger partial charge in [0.05, 0.1) is 32.3 Å². The molecule has 2 fully saturated rings. The Bertz CT molecular complexity index is 653. The van der Waals surface area contributed by atoms with Crippen LogP contribution in [-0.2, 0) is 14.3 Å². The van der Waals surface area contributed by atoms with Gasteiger partial charge >= 0.3 is 0 Å². The molecule has 2 aliphatic rings. The van der Waals surface area contributed by atoms with Crippen LogP contribution in [0, 0.1) is 5.92 Å². The van der Waals surface area contributed by atoms with E-state index in [4.69, 9.17) is 4.74 Å². The lowest BCUT2D eigenvalue weighted by Gasteiger charge is -2.36. The first-order valence-corrected chi connectivity index (χ1v) is 10.7. The zero-order chi connectivity index (χ0) is 20.6. The Balaban J connectivity index is 1.42. The second-order valence-electron chi connectivity index (χ2n) is 8.25. The van der Waals surface area contributed by atoms with Crippen molar-refractivity contribution in [3.63, 3.8) is 0 Å². The van der Waals surface area contributed by atoms with Gasteiger partial charge in [-0.05, 0) is 11.5 Å². The van der Waals surface area contributed by atoms with Crippen LogP contribution >= 0.6 is 0 Å². The maximum Gasteiger partial charge on any atom is 0.236 e. The first-order valence-electron chi connectivity index (χ1n) is 10.7. The predicted octanol–water partition coefficient (Wildman–Crippen LogP) is 0.976. The van der Waals surface area contributed by atoms with Crippen molar-refractivity contribution in [2.45, 2.75) is 19.9 Å². The number of rotatable bonds is 7. The second kappa shape index (κ2) is 10.7. The normalized spacial score (nSPS) is 19.9. The van der Waals surface area contributed by atoms with Gasteiger partial charge in [-0.3, -0.25) is 19.4 Å². The first kappa shape index (κ1) is 21.7. The van der Waals surface area contributed by atoms with Crippen molar-refractivity contribution >= 4 is 11.8 Å². The fraction of sp³-hybridized carbons (Fsp3) is 0.636. The van der Waals surface area contributed by atoms with Crippen LogP contribution in [0.15, 0.2) is 30.3 Å². The molecule has 0 spiro atoms. The van der Waals surface area contributed by atoms with E-state index < -0.39 is 0 Å². The van der Waals surface area contributed by atoms with Gasteiger partial charge in [0.1, 0.15) is 0 Å². The molecule has 7 nitrogen and oxygen atoms in total. The minimum Gasteiger partial charge on any atom is -0.379 e. The molecule has 0 aliphatic carbocycles. The van der Waals surface area contributed by atoms with Gasteiger partial charge in [0.2, 0.25) is 11.8 Å². The van der Waals surface area contributed by atoms with Crippen LogP contribution in [0.2, 0.25) is 0 Å². The lowest BCUT2D eigenvalue weighted by atomic mass is 9.96. The number of nitrogens with zero attached hydrogens (tertiary/aromatic N) is 3. The number of morpholine rings is 1. The number of hydrogen-bond acceptors (Lipinski definition) is 5. The Hall–Kier alpha value is -1.96. The summed E-state index contributed by atoms with van der Waals surface area (Å²) in [5.41, 5.74) is 1.13. The summed E-state index contributed by atoms with van der Waals surface area (Å²) < 4.78 is 5.34. The second-order valence-corrected chi connectivity index (χ2v) is 8.25. The molecule has 0 saturated carbocycles. The maximum atomic E-state index is 12.6. The van der Waals surface area contributed by atoms with Crippen molar-refractivity contribution in [3.05, 3.63) is 35.9 Å². The van der Waals surface area contributed by atoms with Gasteiger partial charge in [0.25, 0.3) is 0 Å². The zero-order valence-electron chi connectivity index (χ0n) is 17.7. The number of hydrogen-bond donors (Lipinski definition) is 1. The van der Waals surface area contributed by atoms with Gasteiger partial charge in [-0.15, -0.1) is 0 Å². The van der Waals surface area contributed by atoms with E-state index in [9.17, 15) is 9.59 Å². The van der Waals surface area contributed by atoms with Gasteiger partial charge < -0.3 is 15.0 Å². The molecule has 1 aromatic carbocycles. The van der Waals surface area contributed by atoms with Crippen LogP contribution < -0.4 is 5.32 Å². The summed E-state index contributed by atoms with van der Waals surface area (Å²) in [6, 6.07) is 10.1. The summed E-state index contributed by atoms with van der Waals surface area (Å²) in [5.74, 6) is 0.539. The number of ether oxygens (including phenoxy) is 1. The smallest absolute Gasteiger partial charge is 0.236 e. The van der Waals surface area contributed by atoms with Gasteiger partial charge in [0, 0.05) is 39.3 Å². The zero-order valence-corrected chi connectivity index (χ0v) is 17.7. The molecule has 2 saturated heterocycles. The Morgan fingerprint density at radius 1 is 0.931 bits per heavy atom. The molecule has 2 aliphatic heterocycles. The number of carbonyl (C=O) groups excluding carboxylic acids is 2. The monoisotopic (exact) mass is 402 g/mol. The SMILES string of the molecule is CC(C)C(NC(=O)CN1CCN(C(=O)CN2CCOCC2)CC1)c1ccccc1. The minimum atomic E-state index is 0.0140. The average Bonchev–Trinajstić information content (AvgIpc) is 2.73. The van der Waals surface area contributed by atoms with Crippen LogP contribution in [0.3, 0.4) is 0 Å². The molecule has 0 aromatic heterocycles. The molecule has 3 rings (SSSR count). The molecule has 1 unspecified atom stereocenters. The van der Waals surface area contributed by atoms with Gasteiger partial charge in [-0.25, -0.2) is 0 Å². The largest absolute Gasteiger partial charge is 0.379 e. The number of carbonyl (C=O) groups is 2. The molecule has 0 radical (unpaired) electrons. The quantitative estimate of drug-likeness (QED) is 0.737. The Labute approximate surface area is 174 Å². The Kier molecular flexibility index (Phi) is 8.03. The number of benzene rings is 1. The molecule has 29 heavy (non-hydrogen) atoms. The van der Waals surface area contributed by atoms with E-state index in [1.165, 1.54) is 0 Å². The van der Waals surface area contributed by atoms with E-state index in [1.54, 1.807) is 0 Å². The van der Waals surface area contributed by atoms with Gasteiger partial charge in [-0.1, -0.05) is 44.2 Å². The van der Waals surface area contributed by atoms with E-state index in [2.05, 4.69) is 41.1 Å². The van der Waals surface area contributed by atoms with E-state index in [-0.39, 0.29) is 17.9 Å². The van der Waals surface area contributed by atoms with E-state index in [1.807, 2.05) is 23.1 Å². The number of nitrogens with one attached hydrogen (secondary N) is 1. The molecule has 1 aromatic rings. The maximum absolute atomic E-state index is 12.6. The van der Waals surface area contributed by atoms with E-state index in [0.717, 1.165) is 31.7 Å². The van der Waals surface area contributed by atoms with Crippen LogP contribution in [-0.4, -0.2) is 92.1 Å². The van der Waals surface area contributed by atoms with Crippen molar-refractivity contribution in [1.82, 2.24) is 20.0 Å². The highest BCUT2D eigenvalue weighted by molar-refractivity contribution is 5.79. The van der Waals surface area contributed by atoms with Crippen molar-refractivity contribution in [1.29, 1.82) is 0 Å². The molecular weight excluding hydrogens is 368 g/mol. The molecule has 160 valence electrons. The van der Waals surface area contributed by atoms with Crippen LogP contribution in [0.25, 0.3) is 0 Å². The topological polar surface area (TPSA) is 65.1 Å². The summed E-state index contributed by atoms with van der Waals surface area (Å²) in [6.45, 7) is 11.0. The standard InChI is InChI=1S/C22H34N4O3/c1-18(2)22(19-6-4-3-5-7-19)23-20(27)16-24-8-10-26(11-9-24)21(28)17-25-12-14-29-15-13-25/h3-7,18,22H,8-17H2,1-2H3,(H,23,27). The van der Waals surface area contributed by atoms with Crippen molar-refractivity contribution in [2.75, 3.05) is 65.6 Å². The highest BCUT2D eigenvalue weighted by atomic mass is 16.5. The number of piperazine rings is 1. The molecule has 1 atom stereocenters. The third-order valence-corrected chi connectivity index (χ3v) is 5.70. The van der Waals surface area contributed by atoms with Crippen molar-refractivity contribution < 1.29 is 14.3 Å². The summed E-state index contributed by atoms with van der Waals surface area (Å²) in [7, 11) is 0. The third kappa shape index (κ3) is 6.52. The van der Waals surface area contributed by atoms with Crippen molar-refractivity contribution in [2.24, 2.45) is 5.92 Å². The fourth-order valence-corrected chi connectivity index (χ4v) is 3.92. The third-order valence-electron chi connectivity index (χ3n) is 5.70. The van der Waals surface area contributed by atoms with Crippen LogP contribution in [0.1, 0.15) is 25.5 Å². The number of amides is 2. The summed E-state index contributed by atoms with van der Waals surface area (Å²) in [5, 5.41) is 3.19. The lowest BCUT2D eigenvalue weighted by molar-refractivity contribution is -0.135. The van der Waals surface area contributed by atoms with E-state index in [0.29, 0.717) is 45.3 Å². The van der Waals surface area contributed by atoms with E-state index >= 15 is 0 Å². The predicted molar refractivity (Wildman–Crippen MR) is 112 cm³/mol. The Morgan fingerprint density at radius 3 is 2.17 bits per heavy atom. The fourth-order valence-electron chi connectivity index (χ4n) is 3.92. The molecule has 2 heterocycles. The van der Waals surface area contributed by atoms with Crippen molar-refractivity contribution in [3.8, 4) is 0 Å². The molecule has 0 bridgehead atoms. The Morgan fingerprint density at radius 2 is 1.55 bits per heavy atom. The highest BCUT2D eigenvalue weighted by Gasteiger charge is 2.25. The highest BCUT2D eigenvalue weighted by Crippen LogP contribution is 2.21. The van der Waals surface area contributed by atoms with Crippen LogP contribution in [0.5, 0.6) is 0 Å². The summed E-state index contributed by atoms with van der Waals surface area (Å²) in [4.78, 5) is 31.4. The van der Waals surface area contributed by atoms with Gasteiger partial charge in [-0.2, -0.15) is 0 Å². The average molecular weight is 403 g/mol. The molecule has 1 N–H and O–H groups in total. The first-order chi connectivity index (χ1) is 14.0. The lowest BCUT2D eigenvalue weighted by Crippen LogP contribution is -2.53. The molecule has 7 heteroatoms. The molecular formula is C22H34N4O3. The molecule has 2 amide bonds.